The van der Waals surface area contributed by atoms with E-state index in [1.54, 1.807) is 0 Å². The van der Waals surface area contributed by atoms with E-state index in [0.717, 1.165) is 15.9 Å². The van der Waals surface area contributed by atoms with Crippen LogP contribution in [0.4, 0.5) is 0 Å². The molecule has 4 heteroatoms. The molecule has 1 aromatic rings. The van der Waals surface area contributed by atoms with Gasteiger partial charge < -0.3 is 0 Å². The lowest BCUT2D eigenvalue weighted by Gasteiger charge is -2.01. The van der Waals surface area contributed by atoms with Crippen LogP contribution in [0.5, 0.6) is 0 Å². The van der Waals surface area contributed by atoms with E-state index in [9.17, 15) is 4.79 Å². The average molecular weight is 260 g/mol. The first kappa shape index (κ1) is 10.7. The predicted octanol–water partition coefficient (Wildman–Crippen LogP) is 2.19. The van der Waals surface area contributed by atoms with Gasteiger partial charge in [-0.3, -0.25) is 9.78 Å². The van der Waals surface area contributed by atoms with Crippen molar-refractivity contribution in [2.75, 3.05) is 5.75 Å². The molecule has 0 aliphatic heterocycles. The first-order valence-corrected chi connectivity index (χ1v) is 5.30. The fourth-order valence-electron chi connectivity index (χ4n) is 0.952. The number of aryl methyl sites for hydroxylation is 1. The molecule has 13 heavy (non-hydrogen) atoms. The van der Waals surface area contributed by atoms with Gasteiger partial charge in [-0.15, -0.1) is 0 Å². The van der Waals surface area contributed by atoms with Crippen molar-refractivity contribution in [1.82, 2.24) is 4.98 Å². The van der Waals surface area contributed by atoms with Crippen molar-refractivity contribution in [2.45, 2.75) is 13.3 Å². The molecule has 1 rings (SSSR count). The highest BCUT2D eigenvalue weighted by atomic mass is 79.9. The van der Waals surface area contributed by atoms with Crippen LogP contribution in [0.15, 0.2) is 16.6 Å². The lowest BCUT2D eigenvalue weighted by Crippen LogP contribution is -2.06. The van der Waals surface area contributed by atoms with Gasteiger partial charge in [0.2, 0.25) is 0 Å². The maximum Gasteiger partial charge on any atom is 0.148 e. The molecule has 1 aromatic heterocycles. The van der Waals surface area contributed by atoms with Crippen molar-refractivity contribution in [2.24, 2.45) is 0 Å². The Hall–Kier alpha value is -0.350. The molecule has 0 radical (unpaired) electrons. The third kappa shape index (κ3) is 3.12. The van der Waals surface area contributed by atoms with Crippen molar-refractivity contribution in [3.8, 4) is 0 Å². The summed E-state index contributed by atoms with van der Waals surface area (Å²) >= 11 is 7.26. The largest absolute Gasteiger partial charge is 0.298 e. The first-order valence-electron chi connectivity index (χ1n) is 3.88. The Bertz CT molecular complexity index is 327. The highest BCUT2D eigenvalue weighted by Gasteiger charge is 2.03. The molecular weight excluding hydrogens is 250 g/mol. The van der Waals surface area contributed by atoms with Gasteiger partial charge in [-0.2, -0.15) is 12.6 Å². The van der Waals surface area contributed by atoms with Crippen LogP contribution in [0.25, 0.3) is 0 Å². The quantitative estimate of drug-likeness (QED) is 0.844. The Morgan fingerprint density at radius 3 is 2.85 bits per heavy atom. The summed E-state index contributed by atoms with van der Waals surface area (Å²) in [6.45, 7) is 1.90. The summed E-state index contributed by atoms with van der Waals surface area (Å²) in [4.78, 5) is 15.3. The van der Waals surface area contributed by atoms with Crippen LogP contribution in [0.2, 0.25) is 0 Å². The Morgan fingerprint density at radius 2 is 2.31 bits per heavy atom. The molecule has 2 nitrogen and oxygen atoms in total. The summed E-state index contributed by atoms with van der Waals surface area (Å²) < 4.78 is 0.967. The maximum atomic E-state index is 11.0. The third-order valence-corrected chi connectivity index (χ3v) is 2.82. The van der Waals surface area contributed by atoms with Gasteiger partial charge in [-0.25, -0.2) is 0 Å². The van der Waals surface area contributed by atoms with E-state index >= 15 is 0 Å². The van der Waals surface area contributed by atoms with Crippen molar-refractivity contribution in [3.05, 3.63) is 28.0 Å². The number of ketones is 1. The van der Waals surface area contributed by atoms with Crippen molar-refractivity contribution in [3.63, 3.8) is 0 Å². The molecule has 0 amide bonds. The van der Waals surface area contributed by atoms with Crippen molar-refractivity contribution < 1.29 is 4.79 Å². The van der Waals surface area contributed by atoms with Gasteiger partial charge in [0, 0.05) is 22.3 Å². The number of halogens is 1. The number of pyridine rings is 1. The number of rotatable bonds is 3. The van der Waals surface area contributed by atoms with Crippen LogP contribution in [-0.2, 0) is 11.2 Å². The minimum atomic E-state index is 0.0950. The summed E-state index contributed by atoms with van der Waals surface area (Å²) in [5, 5.41) is 0. The fourth-order valence-corrected chi connectivity index (χ4v) is 1.29. The first-order chi connectivity index (χ1) is 6.13. The number of aromatic nitrogens is 1. The molecule has 0 aromatic carbocycles. The lowest BCUT2D eigenvalue weighted by molar-refractivity contribution is -0.116. The van der Waals surface area contributed by atoms with Crippen LogP contribution in [0.1, 0.15) is 11.4 Å². The smallest absolute Gasteiger partial charge is 0.148 e. The molecule has 0 aliphatic rings. The third-order valence-electron chi connectivity index (χ3n) is 1.63. The minimum Gasteiger partial charge on any atom is -0.298 e. The zero-order valence-electron chi connectivity index (χ0n) is 7.25. The van der Waals surface area contributed by atoms with E-state index < -0.39 is 0 Å². The van der Waals surface area contributed by atoms with E-state index in [1.165, 1.54) is 0 Å². The number of nitrogens with zero attached hydrogens (tertiary/aromatic N) is 1. The van der Waals surface area contributed by atoms with Crippen molar-refractivity contribution >= 4 is 34.3 Å². The molecule has 0 atom stereocenters. The van der Waals surface area contributed by atoms with Gasteiger partial charge in [0.1, 0.15) is 5.78 Å². The zero-order valence-corrected chi connectivity index (χ0v) is 9.73. The predicted molar refractivity (Wildman–Crippen MR) is 59.2 cm³/mol. The molecule has 0 unspecified atom stereocenters. The molecule has 0 fully saturated rings. The zero-order chi connectivity index (χ0) is 9.84. The molecule has 0 saturated heterocycles. The molecular formula is C9H10BrNOS. The highest BCUT2D eigenvalue weighted by molar-refractivity contribution is 9.10. The second-order valence-electron chi connectivity index (χ2n) is 2.74. The van der Waals surface area contributed by atoms with E-state index in [1.807, 2.05) is 19.1 Å². The average Bonchev–Trinajstić information content (AvgIpc) is 2.11. The van der Waals surface area contributed by atoms with Gasteiger partial charge >= 0.3 is 0 Å². The Kier molecular flexibility index (Phi) is 3.93. The van der Waals surface area contributed by atoms with Gasteiger partial charge in [-0.05, 0) is 35.0 Å². The topological polar surface area (TPSA) is 30.0 Å². The van der Waals surface area contributed by atoms with Crippen LogP contribution in [-0.4, -0.2) is 16.5 Å². The number of hydrogen-bond acceptors (Lipinski definition) is 3. The summed E-state index contributed by atoms with van der Waals surface area (Å²) in [5.41, 5.74) is 1.71. The number of thiol groups is 1. The van der Waals surface area contributed by atoms with Crippen molar-refractivity contribution in [1.29, 1.82) is 0 Å². The van der Waals surface area contributed by atoms with Gasteiger partial charge in [0.15, 0.2) is 0 Å². The molecule has 0 bridgehead atoms. The van der Waals surface area contributed by atoms with Crippen LogP contribution in [0, 0.1) is 6.92 Å². The number of carbonyl (C=O) groups excluding carboxylic acids is 1. The Balaban J connectivity index is 2.79. The summed E-state index contributed by atoms with van der Waals surface area (Å²) in [6, 6.07) is 3.75. The number of hydrogen-bond donors (Lipinski definition) is 1. The maximum absolute atomic E-state index is 11.0. The molecule has 0 spiro atoms. The van der Waals surface area contributed by atoms with Gasteiger partial charge in [0.25, 0.3) is 0 Å². The second-order valence-corrected chi connectivity index (χ2v) is 3.91. The van der Waals surface area contributed by atoms with Gasteiger partial charge in [-0.1, -0.05) is 0 Å². The van der Waals surface area contributed by atoms with E-state index in [-0.39, 0.29) is 11.5 Å². The highest BCUT2D eigenvalue weighted by Crippen LogP contribution is 2.14. The lowest BCUT2D eigenvalue weighted by atomic mass is 10.2. The standard InChI is InChI=1S/C9H10BrNOS/c1-6-9(10)3-2-7(11-6)4-8(12)5-13/h2-3,13H,4-5H2,1H3. The normalized spacial score (nSPS) is 10.1. The Labute approximate surface area is 91.3 Å². The number of Topliss-reactive ketones (excluding diaryl/α,β-unsaturated/α-hetero) is 1. The SMILES string of the molecule is Cc1nc(CC(=O)CS)ccc1Br. The molecule has 0 N–H and O–H groups in total. The van der Waals surface area contributed by atoms with E-state index in [2.05, 4.69) is 33.5 Å². The Morgan fingerprint density at radius 1 is 1.62 bits per heavy atom. The summed E-state index contributed by atoms with van der Waals surface area (Å²) in [6.07, 6.45) is 0.373. The van der Waals surface area contributed by atoms with E-state index in [0.29, 0.717) is 6.42 Å². The monoisotopic (exact) mass is 259 g/mol. The minimum absolute atomic E-state index is 0.0950. The fraction of sp³-hybridized carbons (Fsp3) is 0.333. The van der Waals surface area contributed by atoms with Crippen LogP contribution in [0.3, 0.4) is 0 Å². The van der Waals surface area contributed by atoms with Crippen LogP contribution >= 0.6 is 28.6 Å². The molecule has 0 aliphatic carbocycles. The number of carbonyl (C=O) groups is 1. The second kappa shape index (κ2) is 4.77. The molecule has 1 heterocycles. The van der Waals surface area contributed by atoms with E-state index in [4.69, 9.17) is 0 Å². The summed E-state index contributed by atoms with van der Waals surface area (Å²) in [5.74, 6) is 0.370. The van der Waals surface area contributed by atoms with Gasteiger partial charge in [0.05, 0.1) is 5.69 Å². The summed E-state index contributed by atoms with van der Waals surface area (Å²) in [7, 11) is 0. The van der Waals surface area contributed by atoms with Crippen LogP contribution < -0.4 is 0 Å². The molecule has 70 valence electrons. The molecule has 0 saturated carbocycles.